The lowest BCUT2D eigenvalue weighted by Gasteiger charge is -2.44. The van der Waals surface area contributed by atoms with Crippen LogP contribution in [-0.4, -0.2) is 59.8 Å². The van der Waals surface area contributed by atoms with Gasteiger partial charge in [0.05, 0.1) is 23.6 Å². The summed E-state index contributed by atoms with van der Waals surface area (Å²) in [6.07, 6.45) is 13.5. The molecule has 6 rings (SSSR count). The molecule has 0 aliphatic carbocycles. The molecule has 164 valence electrons. The zero-order chi connectivity index (χ0) is 21.5. The molecule has 4 aromatic rings. The molecule has 0 radical (unpaired) electrons. The van der Waals surface area contributed by atoms with E-state index in [9.17, 15) is 0 Å². The minimum atomic E-state index is 0.470. The van der Waals surface area contributed by atoms with Crippen LogP contribution < -0.4 is 10.2 Å². The van der Waals surface area contributed by atoms with Crippen molar-refractivity contribution < 1.29 is 0 Å². The van der Waals surface area contributed by atoms with E-state index in [1.165, 1.54) is 19.3 Å². The fourth-order valence-corrected chi connectivity index (χ4v) is 5.42. The number of hydrogen-bond acceptors (Lipinski definition) is 7. The highest BCUT2D eigenvalue weighted by molar-refractivity contribution is 5.97. The Hall–Kier alpha value is -3.33. The average Bonchev–Trinajstić information content (AvgIpc) is 3.52. The first-order chi connectivity index (χ1) is 15.8. The predicted octanol–water partition coefficient (Wildman–Crippen LogP) is 3.10. The molecular weight excluding hydrogens is 402 g/mol. The van der Waals surface area contributed by atoms with Crippen LogP contribution in [0, 0.1) is 0 Å². The number of anilines is 1. The standard InChI is InChI=1S/C23H27N9/c1-2-31(17-11-15-5-3-6-16(12-17)27-15)23-24-14-20(28-30-23)18-7-8-21(32-10-4-9-26-32)22-19(18)13-25-29-22/h4,7-10,13-17,27H,2-3,5-6,11-12H2,1H3,(H,25,29)/t15-,16-/m0/s1. The van der Waals surface area contributed by atoms with Gasteiger partial charge in [0.25, 0.3) is 0 Å². The number of piperidine rings is 2. The Morgan fingerprint density at radius 2 is 2.00 bits per heavy atom. The van der Waals surface area contributed by atoms with Gasteiger partial charge in [-0.1, -0.05) is 6.42 Å². The molecule has 2 fully saturated rings. The van der Waals surface area contributed by atoms with Crippen LogP contribution in [0.3, 0.4) is 0 Å². The molecule has 1 aromatic carbocycles. The van der Waals surface area contributed by atoms with Crippen molar-refractivity contribution >= 4 is 16.9 Å². The van der Waals surface area contributed by atoms with Crippen LogP contribution >= 0.6 is 0 Å². The lowest BCUT2D eigenvalue weighted by atomic mass is 9.83. The van der Waals surface area contributed by atoms with Crippen molar-refractivity contribution in [3.63, 3.8) is 0 Å². The Kier molecular flexibility index (Phi) is 4.83. The lowest BCUT2D eigenvalue weighted by Crippen LogP contribution is -2.55. The Balaban J connectivity index is 1.30. The second-order valence-corrected chi connectivity index (χ2v) is 8.79. The lowest BCUT2D eigenvalue weighted by molar-refractivity contribution is 0.216. The van der Waals surface area contributed by atoms with Crippen molar-refractivity contribution in [2.45, 2.75) is 57.2 Å². The number of nitrogens with zero attached hydrogens (tertiary/aromatic N) is 7. The molecule has 0 saturated carbocycles. The number of fused-ring (bicyclic) bond motifs is 3. The largest absolute Gasteiger partial charge is 0.337 e. The number of hydrogen-bond donors (Lipinski definition) is 2. The molecule has 2 aliphatic heterocycles. The zero-order valence-electron chi connectivity index (χ0n) is 18.1. The summed E-state index contributed by atoms with van der Waals surface area (Å²) in [5.41, 5.74) is 3.55. The number of nitrogens with one attached hydrogen (secondary N) is 2. The third-order valence-corrected chi connectivity index (χ3v) is 6.90. The average molecular weight is 430 g/mol. The van der Waals surface area contributed by atoms with Gasteiger partial charge in [0.1, 0.15) is 5.69 Å². The fourth-order valence-electron chi connectivity index (χ4n) is 5.42. The van der Waals surface area contributed by atoms with Gasteiger partial charge in [0, 0.05) is 48.0 Å². The third-order valence-electron chi connectivity index (χ3n) is 6.90. The maximum Gasteiger partial charge on any atom is 0.245 e. The highest BCUT2D eigenvalue weighted by atomic mass is 15.3. The van der Waals surface area contributed by atoms with Crippen molar-refractivity contribution in [1.82, 2.24) is 40.5 Å². The molecule has 9 nitrogen and oxygen atoms in total. The van der Waals surface area contributed by atoms with Crippen LogP contribution in [0.1, 0.15) is 39.0 Å². The third kappa shape index (κ3) is 3.33. The molecule has 0 amide bonds. The van der Waals surface area contributed by atoms with Crippen LogP contribution in [0.15, 0.2) is 43.0 Å². The molecule has 3 aromatic heterocycles. The second kappa shape index (κ2) is 7.98. The maximum atomic E-state index is 4.74. The van der Waals surface area contributed by atoms with Crippen LogP contribution in [0.2, 0.25) is 0 Å². The summed E-state index contributed by atoms with van der Waals surface area (Å²) >= 11 is 0. The van der Waals surface area contributed by atoms with E-state index in [1.54, 1.807) is 6.20 Å². The molecule has 0 unspecified atom stereocenters. The summed E-state index contributed by atoms with van der Waals surface area (Å²) in [5.74, 6) is 0.720. The van der Waals surface area contributed by atoms with Gasteiger partial charge in [0.2, 0.25) is 5.95 Å². The molecule has 2 aliphatic rings. The normalized spacial score (nSPS) is 22.8. The first-order valence-corrected chi connectivity index (χ1v) is 11.5. The SMILES string of the molecule is CCN(c1ncc(-c2ccc(-n3cccn3)c3[nH]ncc23)nn1)C1C[C@@H]2CCC[C@@H](C1)N2. The van der Waals surface area contributed by atoms with E-state index >= 15 is 0 Å². The number of rotatable bonds is 5. The van der Waals surface area contributed by atoms with Crippen molar-refractivity contribution in [2.24, 2.45) is 0 Å². The van der Waals surface area contributed by atoms with E-state index in [1.807, 2.05) is 41.5 Å². The zero-order valence-corrected chi connectivity index (χ0v) is 18.1. The first-order valence-electron chi connectivity index (χ1n) is 11.5. The molecule has 32 heavy (non-hydrogen) atoms. The van der Waals surface area contributed by atoms with Gasteiger partial charge in [-0.05, 0) is 50.8 Å². The van der Waals surface area contributed by atoms with E-state index in [4.69, 9.17) is 4.98 Å². The fraction of sp³-hybridized carbons (Fsp3) is 0.435. The first kappa shape index (κ1) is 19.4. The van der Waals surface area contributed by atoms with Crippen molar-refractivity contribution in [3.05, 3.63) is 43.0 Å². The predicted molar refractivity (Wildman–Crippen MR) is 123 cm³/mol. The van der Waals surface area contributed by atoms with E-state index in [2.05, 4.69) is 42.6 Å². The molecule has 2 atom stereocenters. The quantitative estimate of drug-likeness (QED) is 0.503. The van der Waals surface area contributed by atoms with Crippen LogP contribution in [-0.2, 0) is 0 Å². The number of benzene rings is 1. The van der Waals surface area contributed by atoms with Crippen molar-refractivity contribution in [2.75, 3.05) is 11.4 Å². The Morgan fingerprint density at radius 1 is 1.12 bits per heavy atom. The van der Waals surface area contributed by atoms with E-state index in [0.717, 1.165) is 53.2 Å². The second-order valence-electron chi connectivity index (χ2n) is 8.79. The number of aromatic nitrogens is 7. The molecule has 2 bridgehead atoms. The minimum Gasteiger partial charge on any atom is -0.337 e. The smallest absolute Gasteiger partial charge is 0.245 e. The molecule has 0 spiro atoms. The van der Waals surface area contributed by atoms with Crippen molar-refractivity contribution in [1.29, 1.82) is 0 Å². The summed E-state index contributed by atoms with van der Waals surface area (Å²) in [6.45, 7) is 3.06. The Labute approximate surface area is 186 Å². The topological polar surface area (TPSA) is 100 Å². The summed E-state index contributed by atoms with van der Waals surface area (Å²) in [5, 5.41) is 25.6. The van der Waals surface area contributed by atoms with Gasteiger partial charge in [0.15, 0.2) is 0 Å². The van der Waals surface area contributed by atoms with Gasteiger partial charge in [-0.15, -0.1) is 10.2 Å². The monoisotopic (exact) mass is 429 g/mol. The van der Waals surface area contributed by atoms with Gasteiger partial charge in [-0.2, -0.15) is 10.2 Å². The maximum absolute atomic E-state index is 4.74. The van der Waals surface area contributed by atoms with Crippen LogP contribution in [0.4, 0.5) is 5.95 Å². The van der Waals surface area contributed by atoms with E-state index in [-0.39, 0.29) is 0 Å². The summed E-state index contributed by atoms with van der Waals surface area (Å²) < 4.78 is 1.82. The van der Waals surface area contributed by atoms with E-state index in [0.29, 0.717) is 18.1 Å². The highest BCUT2D eigenvalue weighted by Crippen LogP contribution is 2.32. The number of H-pyrrole nitrogens is 1. The molecule has 2 saturated heterocycles. The Bertz CT molecular complexity index is 1190. The highest BCUT2D eigenvalue weighted by Gasteiger charge is 2.34. The number of aromatic amines is 1. The molecular formula is C23H27N9. The summed E-state index contributed by atoms with van der Waals surface area (Å²) in [7, 11) is 0. The van der Waals surface area contributed by atoms with E-state index < -0.39 is 0 Å². The minimum absolute atomic E-state index is 0.470. The molecule has 9 heteroatoms. The van der Waals surface area contributed by atoms with Crippen LogP contribution in [0.25, 0.3) is 27.8 Å². The van der Waals surface area contributed by atoms with Crippen LogP contribution in [0.5, 0.6) is 0 Å². The summed E-state index contributed by atoms with van der Waals surface area (Å²) in [6, 6.07) is 7.67. The van der Waals surface area contributed by atoms with Crippen molar-refractivity contribution in [3.8, 4) is 16.9 Å². The van der Waals surface area contributed by atoms with Gasteiger partial charge in [-0.3, -0.25) is 5.10 Å². The van der Waals surface area contributed by atoms with Gasteiger partial charge >= 0.3 is 0 Å². The Morgan fingerprint density at radius 3 is 2.72 bits per heavy atom. The van der Waals surface area contributed by atoms with Gasteiger partial charge in [-0.25, -0.2) is 9.67 Å². The van der Waals surface area contributed by atoms with Gasteiger partial charge < -0.3 is 10.2 Å². The summed E-state index contributed by atoms with van der Waals surface area (Å²) in [4.78, 5) is 7.07. The molecule has 2 N–H and O–H groups in total. The molecule has 5 heterocycles.